The molecule has 1 aliphatic rings. The molecule has 1 aromatic rings. The number of aromatic nitrogens is 2. The lowest BCUT2D eigenvalue weighted by molar-refractivity contribution is 0.293. The van der Waals surface area contributed by atoms with Gasteiger partial charge in [-0.25, -0.2) is 0 Å². The third-order valence-electron chi connectivity index (χ3n) is 3.73. The van der Waals surface area contributed by atoms with Gasteiger partial charge in [0.05, 0.1) is 5.69 Å². The summed E-state index contributed by atoms with van der Waals surface area (Å²) in [5.41, 5.74) is 1.70. The van der Waals surface area contributed by atoms with Gasteiger partial charge in [-0.15, -0.1) is 10.2 Å². The van der Waals surface area contributed by atoms with E-state index in [1.807, 2.05) is 6.92 Å². The fraction of sp³-hybridized carbons (Fsp3) is 0.692. The molecule has 18 heavy (non-hydrogen) atoms. The van der Waals surface area contributed by atoms with Crippen LogP contribution in [0.4, 0.5) is 5.69 Å². The van der Waals surface area contributed by atoms with E-state index >= 15 is 0 Å². The van der Waals surface area contributed by atoms with Crippen LogP contribution in [-0.4, -0.2) is 16.7 Å². The molecule has 0 spiro atoms. The molecule has 0 bridgehead atoms. The van der Waals surface area contributed by atoms with Crippen LogP contribution in [0.3, 0.4) is 0 Å². The number of hydrogen-bond acceptors (Lipinski definition) is 3. The van der Waals surface area contributed by atoms with Crippen LogP contribution < -0.4 is 5.32 Å². The molecule has 0 radical (unpaired) electrons. The topological polar surface area (TPSA) is 37.8 Å². The van der Waals surface area contributed by atoms with E-state index in [1.54, 1.807) is 0 Å². The average Bonchev–Trinajstić information content (AvgIpc) is 2.34. The van der Waals surface area contributed by atoms with E-state index in [-0.39, 0.29) is 0 Å². The highest BCUT2D eigenvalue weighted by atomic mass is 35.5. The average molecular weight is 288 g/mol. The Morgan fingerprint density at radius 1 is 1.22 bits per heavy atom. The lowest BCUT2D eigenvalue weighted by atomic mass is 9.82. The molecule has 1 saturated carbocycles. The standard InChI is InChI=1S/C13H19Cl2N3/c1-8-4-3-5-10(6-8)7-16-11-9(2)12(14)17-18-13(11)15/h8,10H,3-7H2,1-2H3,(H,16,17). The molecule has 3 nitrogen and oxygen atoms in total. The van der Waals surface area contributed by atoms with Gasteiger partial charge in [0, 0.05) is 12.1 Å². The Hall–Kier alpha value is -0.540. The maximum atomic E-state index is 6.05. The molecule has 0 amide bonds. The normalized spacial score (nSPS) is 24.0. The third-order valence-corrected chi connectivity index (χ3v) is 4.35. The summed E-state index contributed by atoms with van der Waals surface area (Å²) < 4.78 is 0. The number of rotatable bonds is 3. The predicted octanol–water partition coefficient (Wildman–Crippen LogP) is 4.33. The van der Waals surface area contributed by atoms with Gasteiger partial charge in [-0.05, 0) is 31.6 Å². The lowest BCUT2D eigenvalue weighted by Crippen LogP contribution is -2.21. The molecular weight excluding hydrogens is 269 g/mol. The highest BCUT2D eigenvalue weighted by molar-refractivity contribution is 6.34. The van der Waals surface area contributed by atoms with Crippen molar-refractivity contribution in [3.8, 4) is 0 Å². The van der Waals surface area contributed by atoms with Gasteiger partial charge in [-0.2, -0.15) is 0 Å². The Bertz CT molecular complexity index is 423. The summed E-state index contributed by atoms with van der Waals surface area (Å²) in [6.07, 6.45) is 5.27. The molecule has 0 saturated heterocycles. The molecule has 0 aromatic carbocycles. The van der Waals surface area contributed by atoms with Crippen LogP contribution in [0.25, 0.3) is 0 Å². The Kier molecular flexibility index (Phi) is 4.68. The molecule has 1 aromatic heterocycles. The minimum absolute atomic E-state index is 0.403. The van der Waals surface area contributed by atoms with Gasteiger partial charge in [0.25, 0.3) is 0 Å². The Morgan fingerprint density at radius 2 is 1.94 bits per heavy atom. The molecular formula is C13H19Cl2N3. The Labute approximate surface area is 118 Å². The second kappa shape index (κ2) is 6.07. The van der Waals surface area contributed by atoms with E-state index in [4.69, 9.17) is 23.2 Å². The quantitative estimate of drug-likeness (QED) is 0.899. The largest absolute Gasteiger partial charge is 0.382 e. The number of nitrogens with one attached hydrogen (secondary N) is 1. The lowest BCUT2D eigenvalue weighted by Gasteiger charge is -2.27. The van der Waals surface area contributed by atoms with Gasteiger partial charge < -0.3 is 5.32 Å². The number of nitrogens with zero attached hydrogens (tertiary/aromatic N) is 2. The van der Waals surface area contributed by atoms with Crippen molar-refractivity contribution >= 4 is 28.9 Å². The minimum atomic E-state index is 0.403. The highest BCUT2D eigenvalue weighted by Gasteiger charge is 2.19. The van der Waals surface area contributed by atoms with Crippen molar-refractivity contribution < 1.29 is 0 Å². The predicted molar refractivity (Wildman–Crippen MR) is 76.4 cm³/mol. The zero-order valence-electron chi connectivity index (χ0n) is 10.8. The monoisotopic (exact) mass is 287 g/mol. The van der Waals surface area contributed by atoms with Crippen molar-refractivity contribution in [1.29, 1.82) is 0 Å². The van der Waals surface area contributed by atoms with Crippen LogP contribution in [0.15, 0.2) is 0 Å². The summed E-state index contributed by atoms with van der Waals surface area (Å²) in [4.78, 5) is 0. The summed E-state index contributed by atoms with van der Waals surface area (Å²) in [7, 11) is 0. The summed E-state index contributed by atoms with van der Waals surface area (Å²) in [5, 5.41) is 11.8. The highest BCUT2D eigenvalue weighted by Crippen LogP contribution is 2.31. The second-order valence-corrected chi connectivity index (χ2v) is 6.02. The molecule has 5 heteroatoms. The van der Waals surface area contributed by atoms with Crippen LogP contribution in [-0.2, 0) is 0 Å². The first-order valence-electron chi connectivity index (χ1n) is 6.50. The minimum Gasteiger partial charge on any atom is -0.382 e. The fourth-order valence-electron chi connectivity index (χ4n) is 2.67. The molecule has 2 rings (SSSR count). The van der Waals surface area contributed by atoms with Crippen LogP contribution >= 0.6 is 23.2 Å². The summed E-state index contributed by atoms with van der Waals surface area (Å²) in [6.45, 7) is 5.18. The molecule has 1 aliphatic carbocycles. The second-order valence-electron chi connectivity index (χ2n) is 5.30. The zero-order valence-corrected chi connectivity index (χ0v) is 12.4. The van der Waals surface area contributed by atoms with Crippen LogP contribution in [0.1, 0.15) is 38.2 Å². The number of halogens is 2. The van der Waals surface area contributed by atoms with Crippen molar-refractivity contribution in [2.45, 2.75) is 39.5 Å². The Balaban J connectivity index is 1.99. The maximum absolute atomic E-state index is 6.05. The van der Waals surface area contributed by atoms with Crippen molar-refractivity contribution in [3.05, 3.63) is 15.9 Å². The zero-order chi connectivity index (χ0) is 13.1. The molecule has 2 atom stereocenters. The Morgan fingerprint density at radius 3 is 2.67 bits per heavy atom. The van der Waals surface area contributed by atoms with Crippen LogP contribution in [0.5, 0.6) is 0 Å². The first-order valence-corrected chi connectivity index (χ1v) is 7.25. The van der Waals surface area contributed by atoms with E-state index in [9.17, 15) is 0 Å². The maximum Gasteiger partial charge on any atom is 0.175 e. The molecule has 1 fully saturated rings. The van der Waals surface area contributed by atoms with E-state index in [0.717, 1.165) is 29.6 Å². The van der Waals surface area contributed by atoms with Gasteiger partial charge in [-0.1, -0.05) is 43.0 Å². The third kappa shape index (κ3) is 3.27. The molecule has 2 unspecified atom stereocenters. The van der Waals surface area contributed by atoms with Crippen molar-refractivity contribution in [2.75, 3.05) is 11.9 Å². The van der Waals surface area contributed by atoms with E-state index in [2.05, 4.69) is 22.4 Å². The molecule has 1 heterocycles. The summed E-state index contributed by atoms with van der Waals surface area (Å²) >= 11 is 12.0. The first-order chi connectivity index (χ1) is 8.58. The SMILES string of the molecule is Cc1c(Cl)nnc(Cl)c1NCC1CCCC(C)C1. The first kappa shape index (κ1) is 13.9. The number of anilines is 1. The van der Waals surface area contributed by atoms with Crippen molar-refractivity contribution in [2.24, 2.45) is 11.8 Å². The smallest absolute Gasteiger partial charge is 0.175 e. The number of hydrogen-bond donors (Lipinski definition) is 1. The summed E-state index contributed by atoms with van der Waals surface area (Å²) in [6, 6.07) is 0. The van der Waals surface area contributed by atoms with E-state index in [1.165, 1.54) is 25.7 Å². The molecule has 0 aliphatic heterocycles. The van der Waals surface area contributed by atoms with Gasteiger partial charge in [0.1, 0.15) is 0 Å². The van der Waals surface area contributed by atoms with Gasteiger partial charge in [0.15, 0.2) is 10.3 Å². The van der Waals surface area contributed by atoms with E-state index in [0.29, 0.717) is 10.3 Å². The fourth-order valence-corrected chi connectivity index (χ4v) is 3.05. The van der Waals surface area contributed by atoms with Gasteiger partial charge >= 0.3 is 0 Å². The molecule has 1 N–H and O–H groups in total. The van der Waals surface area contributed by atoms with Crippen LogP contribution in [0, 0.1) is 18.8 Å². The van der Waals surface area contributed by atoms with Crippen LogP contribution in [0.2, 0.25) is 10.3 Å². The van der Waals surface area contributed by atoms with E-state index < -0.39 is 0 Å². The molecule has 100 valence electrons. The summed E-state index contributed by atoms with van der Waals surface area (Å²) in [5.74, 6) is 1.55. The van der Waals surface area contributed by atoms with Gasteiger partial charge in [-0.3, -0.25) is 0 Å². The van der Waals surface area contributed by atoms with Crippen molar-refractivity contribution in [1.82, 2.24) is 10.2 Å². The van der Waals surface area contributed by atoms with Crippen molar-refractivity contribution in [3.63, 3.8) is 0 Å². The van der Waals surface area contributed by atoms with Gasteiger partial charge in [0.2, 0.25) is 0 Å².